The maximum Gasteiger partial charge on any atom is 0.238 e. The highest BCUT2D eigenvalue weighted by atomic mass is 32.2. The van der Waals surface area contributed by atoms with Crippen LogP contribution in [0, 0.1) is 11.8 Å². The lowest BCUT2D eigenvalue weighted by Crippen LogP contribution is -2.48. The predicted octanol–water partition coefficient (Wildman–Crippen LogP) is 0.474. The van der Waals surface area contributed by atoms with E-state index in [9.17, 15) is 18.3 Å². The Morgan fingerprint density at radius 2 is 1.60 bits per heavy atom. The molecule has 0 bridgehead atoms. The summed E-state index contributed by atoms with van der Waals surface area (Å²) < 4.78 is 24.9. The minimum Gasteiger partial charge on any atom is -0.391 e. The normalized spacial score (nSPS) is 15.4. The quantitative estimate of drug-likeness (QED) is 0.577. The number of sulfonamides is 1. The van der Waals surface area contributed by atoms with Crippen molar-refractivity contribution in [2.45, 2.75) is 52.7 Å². The van der Waals surface area contributed by atoms with Crippen LogP contribution in [0.3, 0.4) is 0 Å². The van der Waals surface area contributed by atoms with E-state index in [0.717, 1.165) is 6.26 Å². The lowest BCUT2D eigenvalue weighted by molar-refractivity contribution is -0.123. The average Bonchev–Trinajstić information content (AvgIpc) is 2.21. The van der Waals surface area contributed by atoms with E-state index in [1.165, 1.54) is 0 Å². The van der Waals surface area contributed by atoms with Gasteiger partial charge in [0.25, 0.3) is 0 Å². The van der Waals surface area contributed by atoms with Gasteiger partial charge in [0.15, 0.2) is 0 Å². The fourth-order valence-corrected chi connectivity index (χ4v) is 2.63. The highest BCUT2D eigenvalue weighted by Crippen LogP contribution is 2.07. The molecule has 20 heavy (non-hydrogen) atoms. The summed E-state index contributed by atoms with van der Waals surface area (Å²) >= 11 is 0. The first kappa shape index (κ1) is 19.3. The van der Waals surface area contributed by atoms with Crippen LogP contribution in [0.1, 0.15) is 40.5 Å². The molecule has 120 valence electrons. The molecule has 0 aromatic rings. The van der Waals surface area contributed by atoms with Crippen LogP contribution in [0.4, 0.5) is 0 Å². The second kappa shape index (κ2) is 8.59. The molecule has 0 heterocycles. The van der Waals surface area contributed by atoms with Gasteiger partial charge in [0.2, 0.25) is 15.9 Å². The van der Waals surface area contributed by atoms with Gasteiger partial charge in [0.05, 0.1) is 12.4 Å². The first-order valence-electron chi connectivity index (χ1n) is 6.94. The van der Waals surface area contributed by atoms with Crippen LogP contribution < -0.4 is 10.0 Å². The monoisotopic (exact) mass is 308 g/mol. The maximum atomic E-state index is 12.0. The summed E-state index contributed by atoms with van der Waals surface area (Å²) in [7, 11) is -3.44. The van der Waals surface area contributed by atoms with Crippen LogP contribution in [0.5, 0.6) is 0 Å². The summed E-state index contributed by atoms with van der Waals surface area (Å²) in [5, 5.41) is 12.3. The molecule has 1 amide bonds. The van der Waals surface area contributed by atoms with Crippen LogP contribution in [0.2, 0.25) is 0 Å². The zero-order chi connectivity index (χ0) is 15.9. The zero-order valence-corrected chi connectivity index (χ0v) is 13.8. The maximum absolute atomic E-state index is 12.0. The van der Waals surface area contributed by atoms with E-state index in [1.807, 2.05) is 27.7 Å². The number of hydrogen-bond donors (Lipinski definition) is 3. The van der Waals surface area contributed by atoms with Crippen LogP contribution >= 0.6 is 0 Å². The zero-order valence-electron chi connectivity index (χ0n) is 13.0. The van der Waals surface area contributed by atoms with E-state index in [1.54, 1.807) is 0 Å². The molecule has 0 saturated heterocycles. The summed E-state index contributed by atoms with van der Waals surface area (Å²) in [5.41, 5.74) is 0. The fourth-order valence-electron chi connectivity index (χ4n) is 1.91. The first-order valence-corrected chi connectivity index (χ1v) is 8.83. The second-order valence-electron chi connectivity index (χ2n) is 6.10. The molecule has 2 unspecified atom stereocenters. The lowest BCUT2D eigenvalue weighted by atomic mass is 10.0. The van der Waals surface area contributed by atoms with Crippen LogP contribution in [-0.2, 0) is 14.8 Å². The molecule has 0 aliphatic rings. The molecule has 0 saturated carbocycles. The number of hydrogen-bond acceptors (Lipinski definition) is 4. The van der Waals surface area contributed by atoms with Gasteiger partial charge in [-0.15, -0.1) is 0 Å². The van der Waals surface area contributed by atoms with Crippen molar-refractivity contribution in [2.24, 2.45) is 11.8 Å². The van der Waals surface area contributed by atoms with Gasteiger partial charge in [-0.05, 0) is 24.7 Å². The highest BCUT2D eigenvalue weighted by molar-refractivity contribution is 7.88. The molecule has 0 spiro atoms. The minimum atomic E-state index is -3.44. The van der Waals surface area contributed by atoms with E-state index >= 15 is 0 Å². The number of carbonyl (C=O) groups excluding carboxylic acids is 1. The van der Waals surface area contributed by atoms with E-state index in [2.05, 4.69) is 10.0 Å². The molecule has 6 nitrogen and oxygen atoms in total. The van der Waals surface area contributed by atoms with Gasteiger partial charge in [-0.1, -0.05) is 27.7 Å². The Morgan fingerprint density at radius 1 is 1.10 bits per heavy atom. The molecule has 0 aromatic heterocycles. The second-order valence-corrected chi connectivity index (χ2v) is 7.88. The van der Waals surface area contributed by atoms with Crippen LogP contribution in [0.25, 0.3) is 0 Å². The summed E-state index contributed by atoms with van der Waals surface area (Å²) in [6, 6.07) is -0.795. The largest absolute Gasteiger partial charge is 0.391 e. The molecule has 2 atom stereocenters. The van der Waals surface area contributed by atoms with Crippen molar-refractivity contribution in [1.29, 1.82) is 0 Å². The Bertz CT molecular complexity index is 393. The number of nitrogens with one attached hydrogen (secondary N) is 2. The number of carbonyl (C=O) groups is 1. The molecule has 3 N–H and O–H groups in total. The predicted molar refractivity (Wildman–Crippen MR) is 79.7 cm³/mol. The average molecular weight is 308 g/mol. The van der Waals surface area contributed by atoms with Gasteiger partial charge in [-0.25, -0.2) is 13.1 Å². The molecule has 0 fully saturated rings. The Kier molecular flexibility index (Phi) is 8.30. The Labute approximate surface area is 122 Å². The van der Waals surface area contributed by atoms with Crippen molar-refractivity contribution < 1.29 is 18.3 Å². The number of aliphatic hydroxyl groups is 1. The van der Waals surface area contributed by atoms with Gasteiger partial charge < -0.3 is 10.4 Å². The molecular weight excluding hydrogens is 280 g/mol. The van der Waals surface area contributed by atoms with E-state index in [0.29, 0.717) is 18.8 Å². The van der Waals surface area contributed by atoms with Gasteiger partial charge in [0.1, 0.15) is 6.04 Å². The van der Waals surface area contributed by atoms with Crippen molar-refractivity contribution in [3.8, 4) is 0 Å². The third kappa shape index (κ3) is 10.2. The molecule has 0 aliphatic carbocycles. The van der Waals surface area contributed by atoms with Crippen molar-refractivity contribution in [3.63, 3.8) is 0 Å². The van der Waals surface area contributed by atoms with E-state index in [-0.39, 0.29) is 12.5 Å². The van der Waals surface area contributed by atoms with Gasteiger partial charge >= 0.3 is 0 Å². The smallest absolute Gasteiger partial charge is 0.238 e. The lowest BCUT2D eigenvalue weighted by Gasteiger charge is -2.20. The molecule has 0 radical (unpaired) electrons. The standard InChI is InChI=1S/C13H28N2O4S/c1-9(2)6-11(16)8-14-13(17)12(7-10(3)4)15-20(5,18)19/h9-12,15-16H,6-8H2,1-5H3,(H,14,17). The summed E-state index contributed by atoms with van der Waals surface area (Å²) in [5.74, 6) is 0.120. The molecule has 0 aliphatic heterocycles. The van der Waals surface area contributed by atoms with Gasteiger partial charge in [0, 0.05) is 6.54 Å². The minimum absolute atomic E-state index is 0.136. The molecule has 0 rings (SSSR count). The third-order valence-electron chi connectivity index (χ3n) is 2.64. The Balaban J connectivity index is 4.48. The fraction of sp³-hybridized carbons (Fsp3) is 0.923. The van der Waals surface area contributed by atoms with Gasteiger partial charge in [-0.2, -0.15) is 0 Å². The van der Waals surface area contributed by atoms with Crippen molar-refractivity contribution in [2.75, 3.05) is 12.8 Å². The van der Waals surface area contributed by atoms with Gasteiger partial charge in [-0.3, -0.25) is 4.79 Å². The number of aliphatic hydroxyl groups excluding tert-OH is 1. The van der Waals surface area contributed by atoms with E-state index < -0.39 is 28.1 Å². The Hall–Kier alpha value is -0.660. The summed E-state index contributed by atoms with van der Waals surface area (Å²) in [6.07, 6.45) is 1.42. The highest BCUT2D eigenvalue weighted by Gasteiger charge is 2.23. The molecule has 0 aromatic carbocycles. The number of rotatable bonds is 9. The SMILES string of the molecule is CC(C)CC(O)CNC(=O)C(CC(C)C)NS(C)(=O)=O. The Morgan fingerprint density at radius 3 is 2.00 bits per heavy atom. The summed E-state index contributed by atoms with van der Waals surface area (Å²) in [4.78, 5) is 12.0. The number of amides is 1. The van der Waals surface area contributed by atoms with E-state index in [4.69, 9.17) is 0 Å². The molecular formula is C13H28N2O4S. The first-order chi connectivity index (χ1) is 9.01. The van der Waals surface area contributed by atoms with Crippen molar-refractivity contribution in [1.82, 2.24) is 10.0 Å². The summed E-state index contributed by atoms with van der Waals surface area (Å²) in [6.45, 7) is 7.93. The topological polar surface area (TPSA) is 95.5 Å². The third-order valence-corrected chi connectivity index (χ3v) is 3.35. The van der Waals surface area contributed by atoms with Crippen molar-refractivity contribution in [3.05, 3.63) is 0 Å². The molecule has 7 heteroatoms. The van der Waals surface area contributed by atoms with Crippen LogP contribution in [0.15, 0.2) is 0 Å². The van der Waals surface area contributed by atoms with Crippen molar-refractivity contribution >= 4 is 15.9 Å². The van der Waals surface area contributed by atoms with Crippen LogP contribution in [-0.4, -0.2) is 44.4 Å².